The molecule has 1 aromatic heterocycles. The summed E-state index contributed by atoms with van der Waals surface area (Å²) in [5.41, 5.74) is 2.66. The number of para-hydroxylation sites is 1. The predicted molar refractivity (Wildman–Crippen MR) is 111 cm³/mol. The Morgan fingerprint density at radius 3 is 2.61 bits per heavy atom. The summed E-state index contributed by atoms with van der Waals surface area (Å²) in [7, 11) is 4.00. The van der Waals surface area contributed by atoms with Gasteiger partial charge in [0, 0.05) is 30.2 Å². The van der Waals surface area contributed by atoms with Crippen molar-refractivity contribution in [2.24, 2.45) is 0 Å². The molecule has 0 spiro atoms. The number of carbonyl (C=O) groups is 1. The zero-order chi connectivity index (χ0) is 19.7. The smallest absolute Gasteiger partial charge is 0.227 e. The predicted octanol–water partition coefficient (Wildman–Crippen LogP) is 2.76. The van der Waals surface area contributed by atoms with Crippen molar-refractivity contribution in [1.82, 2.24) is 14.8 Å². The second-order valence-electron chi connectivity index (χ2n) is 7.83. The molecule has 3 aromatic rings. The van der Waals surface area contributed by atoms with Crippen LogP contribution in [0.5, 0.6) is 0 Å². The fourth-order valence-electron chi connectivity index (χ4n) is 4.55. The van der Waals surface area contributed by atoms with Crippen LogP contribution in [-0.4, -0.2) is 59.1 Å². The third-order valence-electron chi connectivity index (χ3n) is 6.15. The number of carbonyl (C=O) groups excluding carboxylic acids is 1. The Kier molecular flexibility index (Phi) is 4.96. The second kappa shape index (κ2) is 7.41. The van der Waals surface area contributed by atoms with Crippen LogP contribution >= 0.6 is 0 Å². The summed E-state index contributed by atoms with van der Waals surface area (Å²) < 4.78 is 0. The molecular weight excluding hydrogens is 350 g/mol. The molecule has 0 bridgehead atoms. The zero-order valence-electron chi connectivity index (χ0n) is 16.4. The summed E-state index contributed by atoms with van der Waals surface area (Å²) in [6.07, 6.45) is 2.31. The highest BCUT2D eigenvalue weighted by Gasteiger charge is 2.46. The van der Waals surface area contributed by atoms with Crippen molar-refractivity contribution in [2.75, 3.05) is 27.2 Å². The number of hydrogen-bond donors (Lipinski definition) is 2. The molecule has 2 aromatic carbocycles. The minimum Gasteiger partial charge on any atom is -0.389 e. The van der Waals surface area contributed by atoms with Crippen molar-refractivity contribution in [3.8, 4) is 0 Å². The first kappa shape index (κ1) is 18.7. The van der Waals surface area contributed by atoms with Crippen LogP contribution in [0, 0.1) is 0 Å². The van der Waals surface area contributed by atoms with E-state index in [0.717, 1.165) is 22.0 Å². The number of hydrogen-bond acceptors (Lipinski definition) is 3. The van der Waals surface area contributed by atoms with Crippen LogP contribution in [0.3, 0.4) is 0 Å². The molecule has 5 heteroatoms. The molecule has 5 nitrogen and oxygen atoms in total. The summed E-state index contributed by atoms with van der Waals surface area (Å²) in [5, 5.41) is 12.2. The lowest BCUT2D eigenvalue weighted by molar-refractivity contribution is -0.140. The standard InChI is InChI=1S/C23H27N3O2/c1-25(2)23(18-8-4-3-5-9-18)12-13-26(16-21(23)27)22(28)14-17-15-24-20-11-7-6-10-19(17)20/h3-11,15,21,24,27H,12-14,16H2,1-2H3/t21-,23+/m1/s1. The number of nitrogens with zero attached hydrogens (tertiary/aromatic N) is 2. The molecule has 0 unspecified atom stereocenters. The average Bonchev–Trinajstić information content (AvgIpc) is 3.11. The van der Waals surface area contributed by atoms with Crippen LogP contribution in [0.15, 0.2) is 60.8 Å². The molecule has 4 rings (SSSR count). The van der Waals surface area contributed by atoms with E-state index in [-0.39, 0.29) is 5.91 Å². The average molecular weight is 377 g/mol. The highest BCUT2D eigenvalue weighted by Crippen LogP contribution is 2.37. The molecule has 1 aliphatic heterocycles. The minimum absolute atomic E-state index is 0.0595. The van der Waals surface area contributed by atoms with E-state index >= 15 is 0 Å². The first-order valence-corrected chi connectivity index (χ1v) is 9.76. The van der Waals surface area contributed by atoms with Crippen molar-refractivity contribution >= 4 is 16.8 Å². The highest BCUT2D eigenvalue weighted by atomic mass is 16.3. The molecule has 2 heterocycles. The molecule has 1 saturated heterocycles. The molecule has 0 aliphatic carbocycles. The maximum atomic E-state index is 13.0. The fraction of sp³-hybridized carbons (Fsp3) is 0.348. The second-order valence-corrected chi connectivity index (χ2v) is 7.83. The molecule has 1 amide bonds. The first-order valence-electron chi connectivity index (χ1n) is 9.76. The zero-order valence-corrected chi connectivity index (χ0v) is 16.4. The van der Waals surface area contributed by atoms with Crippen molar-refractivity contribution in [3.05, 3.63) is 71.9 Å². The van der Waals surface area contributed by atoms with Gasteiger partial charge >= 0.3 is 0 Å². The van der Waals surface area contributed by atoms with Crippen LogP contribution in [0.25, 0.3) is 10.9 Å². The molecule has 0 radical (unpaired) electrons. The Morgan fingerprint density at radius 1 is 1.18 bits per heavy atom. The van der Waals surface area contributed by atoms with Crippen molar-refractivity contribution < 1.29 is 9.90 Å². The highest BCUT2D eigenvalue weighted by molar-refractivity contribution is 5.89. The molecule has 0 saturated carbocycles. The Balaban J connectivity index is 1.52. The van der Waals surface area contributed by atoms with Gasteiger partial charge in [-0.05, 0) is 37.7 Å². The minimum atomic E-state index is -0.648. The van der Waals surface area contributed by atoms with E-state index < -0.39 is 11.6 Å². The third-order valence-corrected chi connectivity index (χ3v) is 6.15. The molecule has 146 valence electrons. The van der Waals surface area contributed by atoms with E-state index in [2.05, 4.69) is 22.0 Å². The molecular formula is C23H27N3O2. The number of benzene rings is 2. The van der Waals surface area contributed by atoms with E-state index in [4.69, 9.17) is 0 Å². The summed E-state index contributed by atoms with van der Waals surface area (Å²) in [6, 6.07) is 18.1. The van der Waals surface area contributed by atoms with Crippen LogP contribution in [-0.2, 0) is 16.8 Å². The topological polar surface area (TPSA) is 59.6 Å². The number of H-pyrrole nitrogens is 1. The molecule has 28 heavy (non-hydrogen) atoms. The quantitative estimate of drug-likeness (QED) is 0.735. The van der Waals surface area contributed by atoms with Gasteiger partial charge in [-0.3, -0.25) is 9.69 Å². The first-order chi connectivity index (χ1) is 13.5. The maximum Gasteiger partial charge on any atom is 0.227 e. The van der Waals surface area contributed by atoms with E-state index in [1.165, 1.54) is 0 Å². The number of piperidine rings is 1. The number of rotatable bonds is 4. The van der Waals surface area contributed by atoms with Gasteiger partial charge in [0.25, 0.3) is 0 Å². The molecule has 2 atom stereocenters. The van der Waals surface area contributed by atoms with Gasteiger partial charge in [0.2, 0.25) is 5.91 Å². The van der Waals surface area contributed by atoms with Gasteiger partial charge in [-0.15, -0.1) is 0 Å². The Bertz CT molecular complexity index is 966. The number of amides is 1. The molecule has 1 fully saturated rings. The normalized spacial score (nSPS) is 22.7. The van der Waals surface area contributed by atoms with Crippen LogP contribution in [0.2, 0.25) is 0 Å². The van der Waals surface area contributed by atoms with Gasteiger partial charge in [0.15, 0.2) is 0 Å². The lowest BCUT2D eigenvalue weighted by Crippen LogP contribution is -2.61. The summed E-state index contributed by atoms with van der Waals surface area (Å²) in [4.78, 5) is 20.1. The van der Waals surface area contributed by atoms with Crippen LogP contribution < -0.4 is 0 Å². The van der Waals surface area contributed by atoms with Gasteiger partial charge in [0.05, 0.1) is 18.1 Å². The van der Waals surface area contributed by atoms with Crippen molar-refractivity contribution in [2.45, 2.75) is 24.5 Å². The fourth-order valence-corrected chi connectivity index (χ4v) is 4.55. The van der Waals surface area contributed by atoms with Crippen LogP contribution in [0.4, 0.5) is 0 Å². The lowest BCUT2D eigenvalue weighted by atomic mass is 9.77. The Morgan fingerprint density at radius 2 is 1.89 bits per heavy atom. The number of aromatic amines is 1. The monoisotopic (exact) mass is 377 g/mol. The van der Waals surface area contributed by atoms with E-state index in [1.807, 2.05) is 62.8 Å². The maximum absolute atomic E-state index is 13.0. The lowest BCUT2D eigenvalue weighted by Gasteiger charge is -2.49. The molecule has 2 N–H and O–H groups in total. The number of aromatic nitrogens is 1. The largest absolute Gasteiger partial charge is 0.389 e. The number of β-amino-alcohol motifs (C(OH)–C–C–N with tert-alkyl or cyclic N) is 1. The van der Waals surface area contributed by atoms with Gasteiger partial charge < -0.3 is 15.0 Å². The Labute approximate surface area is 165 Å². The number of likely N-dealkylation sites (tertiary alicyclic amines) is 1. The third kappa shape index (κ3) is 3.11. The summed E-state index contributed by atoms with van der Waals surface area (Å²) in [5.74, 6) is 0.0595. The van der Waals surface area contributed by atoms with Crippen molar-refractivity contribution in [1.29, 1.82) is 0 Å². The van der Waals surface area contributed by atoms with E-state index in [0.29, 0.717) is 25.9 Å². The van der Waals surface area contributed by atoms with Gasteiger partial charge in [-0.25, -0.2) is 0 Å². The number of nitrogens with one attached hydrogen (secondary N) is 1. The van der Waals surface area contributed by atoms with Gasteiger partial charge in [-0.1, -0.05) is 48.5 Å². The summed E-state index contributed by atoms with van der Waals surface area (Å²) >= 11 is 0. The Hall–Kier alpha value is -2.63. The van der Waals surface area contributed by atoms with Gasteiger partial charge in [-0.2, -0.15) is 0 Å². The number of likely N-dealkylation sites (N-methyl/N-ethyl adjacent to an activating group) is 1. The van der Waals surface area contributed by atoms with E-state index in [1.54, 1.807) is 4.90 Å². The summed E-state index contributed by atoms with van der Waals surface area (Å²) in [6.45, 7) is 0.972. The molecule has 1 aliphatic rings. The van der Waals surface area contributed by atoms with Gasteiger partial charge in [0.1, 0.15) is 0 Å². The van der Waals surface area contributed by atoms with Crippen molar-refractivity contribution in [3.63, 3.8) is 0 Å². The number of aliphatic hydroxyl groups excluding tert-OH is 1. The number of fused-ring (bicyclic) bond motifs is 1. The van der Waals surface area contributed by atoms with Crippen LogP contribution in [0.1, 0.15) is 17.5 Å². The van der Waals surface area contributed by atoms with E-state index in [9.17, 15) is 9.90 Å². The SMILES string of the molecule is CN(C)[C@]1(c2ccccc2)CCN(C(=O)Cc2c[nH]c3ccccc23)C[C@H]1O. The number of aliphatic hydroxyl groups is 1.